The van der Waals surface area contributed by atoms with Crippen molar-refractivity contribution >= 4 is 5.91 Å². The van der Waals surface area contributed by atoms with Crippen molar-refractivity contribution in [1.29, 1.82) is 0 Å². The average molecular weight is 307 g/mol. The van der Waals surface area contributed by atoms with Crippen LogP contribution in [0, 0.1) is 0 Å². The summed E-state index contributed by atoms with van der Waals surface area (Å²) in [5.41, 5.74) is -0.235. The number of hydrogen-bond donors (Lipinski definition) is 3. The normalized spacial score (nSPS) is 15.3. The van der Waals surface area contributed by atoms with E-state index in [1.807, 2.05) is 38.1 Å². The van der Waals surface area contributed by atoms with Crippen LogP contribution in [-0.2, 0) is 15.6 Å². The van der Waals surface area contributed by atoms with Crippen molar-refractivity contribution in [3.05, 3.63) is 35.4 Å². The third-order valence-electron chi connectivity index (χ3n) is 4.23. The lowest BCUT2D eigenvalue weighted by Crippen LogP contribution is -2.55. The number of aliphatic hydroxyl groups excluding tert-OH is 1. The van der Waals surface area contributed by atoms with Crippen LogP contribution in [0.2, 0.25) is 0 Å². The number of carbonyl (C=O) groups excluding carboxylic acids is 1. The molecule has 1 unspecified atom stereocenters. The van der Waals surface area contributed by atoms with Gasteiger partial charge in [0.05, 0.1) is 12.0 Å². The molecule has 0 aliphatic carbocycles. The molecule has 3 N–H and O–H groups in total. The number of hydrogen-bond acceptors (Lipinski definition) is 3. The lowest BCUT2D eigenvalue weighted by Gasteiger charge is -2.32. The van der Waals surface area contributed by atoms with E-state index in [4.69, 9.17) is 0 Å². The first-order chi connectivity index (χ1) is 9.96. The fraction of sp³-hybridized carbons (Fsp3) is 0.611. The minimum atomic E-state index is -1.57. The second kappa shape index (κ2) is 6.39. The molecule has 4 heteroatoms. The van der Waals surface area contributed by atoms with Crippen LogP contribution in [0.3, 0.4) is 0 Å². The van der Waals surface area contributed by atoms with Gasteiger partial charge in [0.25, 0.3) is 0 Å². The Bertz CT molecular complexity index is 508. The Kier molecular flexibility index (Phi) is 5.42. The minimum absolute atomic E-state index is 0.0598. The second-order valence-electron chi connectivity index (χ2n) is 7.45. The van der Waals surface area contributed by atoms with E-state index in [1.54, 1.807) is 6.92 Å². The van der Waals surface area contributed by atoms with Crippen molar-refractivity contribution in [3.8, 4) is 0 Å². The van der Waals surface area contributed by atoms with Crippen molar-refractivity contribution in [2.75, 3.05) is 6.61 Å². The molecule has 0 aliphatic rings. The van der Waals surface area contributed by atoms with Gasteiger partial charge >= 0.3 is 0 Å². The van der Waals surface area contributed by atoms with E-state index >= 15 is 0 Å². The molecule has 0 aromatic heterocycles. The topological polar surface area (TPSA) is 69.6 Å². The van der Waals surface area contributed by atoms with E-state index in [1.165, 1.54) is 5.56 Å². The Balaban J connectivity index is 3.01. The summed E-state index contributed by atoms with van der Waals surface area (Å²) in [4.78, 5) is 12.5. The molecule has 1 aromatic rings. The van der Waals surface area contributed by atoms with Crippen LogP contribution in [0.15, 0.2) is 24.3 Å². The summed E-state index contributed by atoms with van der Waals surface area (Å²) in [7, 11) is 0. The van der Waals surface area contributed by atoms with E-state index in [9.17, 15) is 15.0 Å². The van der Waals surface area contributed by atoms with Gasteiger partial charge in [0.1, 0.15) is 0 Å². The van der Waals surface area contributed by atoms with Crippen molar-refractivity contribution in [2.24, 2.45) is 0 Å². The van der Waals surface area contributed by atoms with Gasteiger partial charge in [-0.1, -0.05) is 52.0 Å². The molecule has 1 atom stereocenters. The molecule has 0 fully saturated rings. The summed E-state index contributed by atoms with van der Waals surface area (Å²) < 4.78 is 0. The largest absolute Gasteiger partial charge is 0.391 e. The Hall–Kier alpha value is -1.39. The Morgan fingerprint density at radius 2 is 1.50 bits per heavy atom. The Morgan fingerprint density at radius 1 is 1.05 bits per heavy atom. The van der Waals surface area contributed by atoms with Crippen LogP contribution in [0.5, 0.6) is 0 Å². The first-order valence-electron chi connectivity index (χ1n) is 7.73. The summed E-state index contributed by atoms with van der Waals surface area (Å²) in [6.07, 6.45) is 0.244. The van der Waals surface area contributed by atoms with Gasteiger partial charge in [-0.05, 0) is 36.8 Å². The molecule has 0 heterocycles. The summed E-state index contributed by atoms with van der Waals surface area (Å²) >= 11 is 0. The smallest absolute Gasteiger partial charge is 0.232 e. The van der Waals surface area contributed by atoms with Gasteiger partial charge in [-0.25, -0.2) is 0 Å². The van der Waals surface area contributed by atoms with Crippen LogP contribution < -0.4 is 5.32 Å². The highest BCUT2D eigenvalue weighted by molar-refractivity contribution is 5.87. The molecular formula is C18H29NO3. The van der Waals surface area contributed by atoms with Crippen LogP contribution in [0.1, 0.15) is 59.1 Å². The molecule has 124 valence electrons. The number of aliphatic hydroxyl groups is 2. The fourth-order valence-corrected chi connectivity index (χ4v) is 2.13. The first kappa shape index (κ1) is 18.7. The van der Waals surface area contributed by atoms with Crippen LogP contribution >= 0.6 is 0 Å². The highest BCUT2D eigenvalue weighted by atomic mass is 16.3. The Labute approximate surface area is 133 Å². The number of rotatable bonds is 5. The predicted molar refractivity (Wildman–Crippen MR) is 88.6 cm³/mol. The highest BCUT2D eigenvalue weighted by Gasteiger charge is 2.35. The molecule has 0 bridgehead atoms. The second-order valence-corrected chi connectivity index (χ2v) is 7.45. The summed E-state index contributed by atoms with van der Waals surface area (Å²) in [6.45, 7) is 11.2. The monoisotopic (exact) mass is 307 g/mol. The maximum atomic E-state index is 12.5. The number of amides is 1. The molecule has 0 spiro atoms. The zero-order chi connectivity index (χ0) is 17.2. The molecule has 1 amide bonds. The highest BCUT2D eigenvalue weighted by Crippen LogP contribution is 2.28. The Morgan fingerprint density at radius 3 is 1.86 bits per heavy atom. The van der Waals surface area contributed by atoms with E-state index in [0.29, 0.717) is 0 Å². The van der Waals surface area contributed by atoms with Crippen molar-refractivity contribution in [3.63, 3.8) is 0 Å². The van der Waals surface area contributed by atoms with Gasteiger partial charge in [0.15, 0.2) is 5.72 Å². The van der Waals surface area contributed by atoms with Gasteiger partial charge in [0, 0.05) is 0 Å². The maximum absolute atomic E-state index is 12.5. The van der Waals surface area contributed by atoms with E-state index < -0.39 is 17.7 Å². The van der Waals surface area contributed by atoms with E-state index in [2.05, 4.69) is 26.1 Å². The molecule has 1 aromatic carbocycles. The average Bonchev–Trinajstić information content (AvgIpc) is 2.46. The maximum Gasteiger partial charge on any atom is 0.232 e. The van der Waals surface area contributed by atoms with Crippen molar-refractivity contribution in [1.82, 2.24) is 5.32 Å². The third-order valence-corrected chi connectivity index (χ3v) is 4.23. The van der Waals surface area contributed by atoms with Crippen LogP contribution in [0.4, 0.5) is 0 Å². The van der Waals surface area contributed by atoms with Gasteiger partial charge in [-0.15, -0.1) is 0 Å². The van der Waals surface area contributed by atoms with Gasteiger partial charge < -0.3 is 15.5 Å². The molecule has 22 heavy (non-hydrogen) atoms. The fourth-order valence-electron chi connectivity index (χ4n) is 2.13. The molecule has 0 aliphatic heterocycles. The van der Waals surface area contributed by atoms with Gasteiger partial charge in [-0.2, -0.15) is 0 Å². The minimum Gasteiger partial charge on any atom is -0.391 e. The summed E-state index contributed by atoms with van der Waals surface area (Å²) in [5.74, 6) is -0.311. The number of nitrogens with one attached hydrogen (secondary N) is 1. The zero-order valence-electron chi connectivity index (χ0n) is 14.5. The third kappa shape index (κ3) is 4.08. The van der Waals surface area contributed by atoms with Crippen molar-refractivity contribution in [2.45, 2.75) is 64.5 Å². The summed E-state index contributed by atoms with van der Waals surface area (Å²) in [5, 5.41) is 21.9. The van der Waals surface area contributed by atoms with E-state index in [-0.39, 0.29) is 17.7 Å². The standard InChI is InChI=1S/C18H29NO3/c1-7-18(22,12-20)19-15(21)17(5,6)14-10-8-13(9-11-14)16(2,3)4/h8-11,20,22H,7,12H2,1-6H3,(H,19,21). The SMILES string of the molecule is CCC(O)(CO)NC(=O)C(C)(C)c1ccc(C(C)(C)C)cc1. The van der Waals surface area contributed by atoms with Crippen LogP contribution in [-0.4, -0.2) is 28.5 Å². The lowest BCUT2D eigenvalue weighted by molar-refractivity contribution is -0.136. The van der Waals surface area contributed by atoms with Gasteiger partial charge in [0.2, 0.25) is 5.91 Å². The molecule has 0 saturated heterocycles. The molecule has 4 nitrogen and oxygen atoms in total. The van der Waals surface area contributed by atoms with Crippen molar-refractivity contribution < 1.29 is 15.0 Å². The number of benzene rings is 1. The summed E-state index contributed by atoms with van der Waals surface area (Å²) in [6, 6.07) is 7.96. The molecule has 0 radical (unpaired) electrons. The lowest BCUT2D eigenvalue weighted by atomic mass is 9.80. The zero-order valence-corrected chi connectivity index (χ0v) is 14.5. The van der Waals surface area contributed by atoms with E-state index in [0.717, 1.165) is 5.56 Å². The molecule has 0 saturated carbocycles. The van der Waals surface area contributed by atoms with Gasteiger partial charge in [-0.3, -0.25) is 4.79 Å². The first-order valence-corrected chi connectivity index (χ1v) is 7.73. The molecule has 1 rings (SSSR count). The quantitative estimate of drug-likeness (QED) is 0.732. The predicted octanol–water partition coefficient (Wildman–Crippen LogP) is 2.47. The molecular weight excluding hydrogens is 278 g/mol. The number of carbonyl (C=O) groups is 1. The van der Waals surface area contributed by atoms with Crippen LogP contribution in [0.25, 0.3) is 0 Å².